The molecule has 0 bridgehead atoms. The molecule has 4 rings (SSSR count). The van der Waals surface area contributed by atoms with Gasteiger partial charge in [0.2, 0.25) is 5.91 Å². The van der Waals surface area contributed by atoms with Gasteiger partial charge in [0.1, 0.15) is 0 Å². The molecule has 3 aromatic rings. The van der Waals surface area contributed by atoms with Crippen LogP contribution in [-0.2, 0) is 11.3 Å². The van der Waals surface area contributed by atoms with Crippen LogP contribution in [-0.4, -0.2) is 40.8 Å². The molecule has 0 atom stereocenters. The average Bonchev–Trinajstić information content (AvgIpc) is 2.82. The lowest BCUT2D eigenvalue weighted by Crippen LogP contribution is -3.12. The highest BCUT2D eigenvalue weighted by molar-refractivity contribution is 7.99. The Labute approximate surface area is 199 Å². The number of para-hydroxylation sites is 1. The number of amides is 1. The standard InChI is InChI=1S/C26H32N4O2S/c1-19-11-12-21(17-20(19)2)27-24(31)18-33-26-28-23-10-5-4-9-22(23)25(32)30(26)16-8-15-29-13-6-3-7-14-29/h4-5,9-12,17H,3,6-8,13-16,18H2,1-2H3,(H,27,31)/p+1. The Morgan fingerprint density at radius 1 is 1.09 bits per heavy atom. The molecular formula is C26H33N4O2S+. The Kier molecular flexibility index (Phi) is 7.83. The van der Waals surface area contributed by atoms with Crippen LogP contribution in [0.1, 0.15) is 36.8 Å². The Balaban J connectivity index is 1.47. The summed E-state index contributed by atoms with van der Waals surface area (Å²) in [6.07, 6.45) is 4.85. The van der Waals surface area contributed by atoms with Crippen molar-refractivity contribution in [3.63, 3.8) is 0 Å². The number of carbonyl (C=O) groups excluding carboxylic acids is 1. The predicted molar refractivity (Wildman–Crippen MR) is 135 cm³/mol. The molecule has 1 saturated heterocycles. The molecule has 2 aromatic carbocycles. The summed E-state index contributed by atoms with van der Waals surface area (Å²) in [5.41, 5.74) is 3.78. The van der Waals surface area contributed by atoms with E-state index < -0.39 is 0 Å². The number of fused-ring (bicyclic) bond motifs is 1. The summed E-state index contributed by atoms with van der Waals surface area (Å²) in [4.78, 5) is 32.2. The van der Waals surface area contributed by atoms with Crippen molar-refractivity contribution in [3.05, 3.63) is 63.9 Å². The Morgan fingerprint density at radius 3 is 2.67 bits per heavy atom. The molecule has 33 heavy (non-hydrogen) atoms. The molecule has 7 heteroatoms. The zero-order valence-electron chi connectivity index (χ0n) is 19.5. The number of nitrogens with zero attached hydrogens (tertiary/aromatic N) is 2. The Bertz CT molecular complexity index is 1180. The number of carbonyl (C=O) groups is 1. The van der Waals surface area contributed by atoms with Gasteiger partial charge in [-0.1, -0.05) is 30.0 Å². The van der Waals surface area contributed by atoms with E-state index in [1.807, 2.05) is 56.3 Å². The van der Waals surface area contributed by atoms with Gasteiger partial charge in [-0.2, -0.15) is 0 Å². The van der Waals surface area contributed by atoms with Gasteiger partial charge in [-0.25, -0.2) is 4.98 Å². The molecule has 6 nitrogen and oxygen atoms in total. The number of likely N-dealkylation sites (tertiary alicyclic amines) is 1. The summed E-state index contributed by atoms with van der Waals surface area (Å²) >= 11 is 1.33. The third kappa shape index (κ3) is 6.03. The highest BCUT2D eigenvalue weighted by Crippen LogP contribution is 2.19. The second-order valence-corrected chi connectivity index (χ2v) is 9.86. The van der Waals surface area contributed by atoms with Crippen LogP contribution < -0.4 is 15.8 Å². The van der Waals surface area contributed by atoms with Gasteiger partial charge in [-0.3, -0.25) is 14.2 Å². The first-order valence-electron chi connectivity index (χ1n) is 11.8. The van der Waals surface area contributed by atoms with Crippen molar-refractivity contribution >= 4 is 34.3 Å². The van der Waals surface area contributed by atoms with E-state index >= 15 is 0 Å². The summed E-state index contributed by atoms with van der Waals surface area (Å²) in [7, 11) is 0. The van der Waals surface area contributed by atoms with Crippen LogP contribution in [0.5, 0.6) is 0 Å². The largest absolute Gasteiger partial charge is 0.335 e. The lowest BCUT2D eigenvalue weighted by atomic mass is 10.1. The molecular weight excluding hydrogens is 432 g/mol. The van der Waals surface area contributed by atoms with E-state index in [1.54, 1.807) is 9.47 Å². The van der Waals surface area contributed by atoms with E-state index in [9.17, 15) is 9.59 Å². The van der Waals surface area contributed by atoms with E-state index in [-0.39, 0.29) is 17.2 Å². The van der Waals surface area contributed by atoms with E-state index in [1.165, 1.54) is 49.7 Å². The molecule has 2 heterocycles. The summed E-state index contributed by atoms with van der Waals surface area (Å²) in [6.45, 7) is 8.23. The van der Waals surface area contributed by atoms with Crippen LogP contribution >= 0.6 is 11.8 Å². The Morgan fingerprint density at radius 2 is 1.88 bits per heavy atom. The molecule has 2 N–H and O–H groups in total. The number of rotatable bonds is 8. The lowest BCUT2D eigenvalue weighted by molar-refractivity contribution is -0.905. The first-order valence-corrected chi connectivity index (χ1v) is 12.8. The molecule has 1 aliphatic heterocycles. The number of hydrogen-bond donors (Lipinski definition) is 2. The number of piperidine rings is 1. The van der Waals surface area contributed by atoms with Gasteiger partial charge in [0.25, 0.3) is 5.56 Å². The van der Waals surface area contributed by atoms with Gasteiger partial charge in [0.15, 0.2) is 5.16 Å². The van der Waals surface area contributed by atoms with Gasteiger partial charge in [-0.15, -0.1) is 0 Å². The fraction of sp³-hybridized carbons (Fsp3) is 0.423. The minimum Gasteiger partial charge on any atom is -0.335 e. The molecule has 174 valence electrons. The summed E-state index contributed by atoms with van der Waals surface area (Å²) in [6, 6.07) is 13.3. The molecule has 1 fully saturated rings. The van der Waals surface area contributed by atoms with Crippen molar-refractivity contribution < 1.29 is 9.69 Å². The third-order valence-electron chi connectivity index (χ3n) is 6.42. The maximum atomic E-state index is 13.2. The predicted octanol–water partition coefficient (Wildman–Crippen LogP) is 3.20. The van der Waals surface area contributed by atoms with E-state index in [2.05, 4.69) is 5.32 Å². The second kappa shape index (κ2) is 11.0. The number of quaternary nitrogens is 1. The molecule has 1 amide bonds. The fourth-order valence-corrected chi connectivity index (χ4v) is 5.22. The van der Waals surface area contributed by atoms with Gasteiger partial charge < -0.3 is 10.2 Å². The van der Waals surface area contributed by atoms with Crippen LogP contribution in [0.15, 0.2) is 52.4 Å². The minimum atomic E-state index is -0.102. The molecule has 0 radical (unpaired) electrons. The smallest absolute Gasteiger partial charge is 0.262 e. The molecule has 1 aromatic heterocycles. The second-order valence-electron chi connectivity index (χ2n) is 8.92. The van der Waals surface area contributed by atoms with Crippen molar-refractivity contribution in [2.45, 2.75) is 51.2 Å². The van der Waals surface area contributed by atoms with Gasteiger partial charge in [-0.05, 0) is 68.5 Å². The molecule has 0 spiro atoms. The number of benzene rings is 2. The van der Waals surface area contributed by atoms with Gasteiger partial charge >= 0.3 is 0 Å². The fourth-order valence-electron chi connectivity index (χ4n) is 4.39. The quantitative estimate of drug-likeness (QED) is 0.396. The van der Waals surface area contributed by atoms with E-state index in [0.717, 1.165) is 24.2 Å². The summed E-state index contributed by atoms with van der Waals surface area (Å²) in [5, 5.41) is 4.20. The SMILES string of the molecule is Cc1ccc(NC(=O)CSc2nc3ccccc3c(=O)n2CCC[NH+]2CCCCC2)cc1C. The van der Waals surface area contributed by atoms with Crippen molar-refractivity contribution in [2.75, 3.05) is 30.7 Å². The number of anilines is 1. The number of nitrogens with one attached hydrogen (secondary N) is 2. The third-order valence-corrected chi connectivity index (χ3v) is 7.40. The highest BCUT2D eigenvalue weighted by atomic mass is 32.2. The minimum absolute atomic E-state index is 0.0219. The van der Waals surface area contributed by atoms with Crippen LogP contribution in [0.2, 0.25) is 0 Å². The van der Waals surface area contributed by atoms with Gasteiger partial charge in [0, 0.05) is 18.7 Å². The number of aryl methyl sites for hydroxylation is 2. The number of hydrogen-bond acceptors (Lipinski definition) is 4. The molecule has 0 unspecified atom stereocenters. The van der Waals surface area contributed by atoms with Crippen molar-refractivity contribution in [1.29, 1.82) is 0 Å². The highest BCUT2D eigenvalue weighted by Gasteiger charge is 2.16. The monoisotopic (exact) mass is 465 g/mol. The number of thioether (sulfide) groups is 1. The zero-order valence-corrected chi connectivity index (χ0v) is 20.3. The number of aromatic nitrogens is 2. The zero-order chi connectivity index (χ0) is 23.2. The van der Waals surface area contributed by atoms with Crippen molar-refractivity contribution in [2.24, 2.45) is 0 Å². The topological polar surface area (TPSA) is 68.4 Å². The maximum Gasteiger partial charge on any atom is 0.262 e. The van der Waals surface area contributed by atoms with Crippen LogP contribution in [0.25, 0.3) is 10.9 Å². The normalized spacial score (nSPS) is 14.5. The summed E-state index contributed by atoms with van der Waals surface area (Å²) in [5.74, 6) is 0.102. The Hall–Kier alpha value is -2.64. The molecule has 0 aliphatic carbocycles. The average molecular weight is 466 g/mol. The maximum absolute atomic E-state index is 13.2. The first-order chi connectivity index (χ1) is 16.0. The molecule has 1 aliphatic rings. The van der Waals surface area contributed by atoms with Crippen LogP contribution in [0.3, 0.4) is 0 Å². The first kappa shape index (κ1) is 23.5. The summed E-state index contributed by atoms with van der Waals surface area (Å²) < 4.78 is 1.76. The van der Waals surface area contributed by atoms with E-state index in [4.69, 9.17) is 4.98 Å². The van der Waals surface area contributed by atoms with Crippen molar-refractivity contribution in [3.8, 4) is 0 Å². The van der Waals surface area contributed by atoms with Gasteiger partial charge in [0.05, 0.1) is 36.3 Å². The van der Waals surface area contributed by atoms with Crippen LogP contribution in [0, 0.1) is 13.8 Å². The van der Waals surface area contributed by atoms with Crippen molar-refractivity contribution in [1.82, 2.24) is 9.55 Å². The lowest BCUT2D eigenvalue weighted by Gasteiger charge is -2.23. The molecule has 0 saturated carbocycles. The van der Waals surface area contributed by atoms with Crippen LogP contribution in [0.4, 0.5) is 5.69 Å². The van der Waals surface area contributed by atoms with E-state index in [0.29, 0.717) is 22.6 Å².